The maximum Gasteiger partial charge on any atom is 0.346 e. The highest BCUT2D eigenvalue weighted by molar-refractivity contribution is 9.10. The van der Waals surface area contributed by atoms with Crippen LogP contribution in [0.2, 0.25) is 0 Å². The molecule has 0 fully saturated rings. The number of carbonyl (C=O) groups is 2. The van der Waals surface area contributed by atoms with Gasteiger partial charge in [-0.1, -0.05) is 15.9 Å². The van der Waals surface area contributed by atoms with E-state index in [0.29, 0.717) is 5.75 Å². The van der Waals surface area contributed by atoms with Gasteiger partial charge in [0.25, 0.3) is 5.91 Å². The highest BCUT2D eigenvalue weighted by Crippen LogP contribution is 2.18. The number of hydrogen-bond acceptors (Lipinski definition) is 4. The average Bonchev–Trinajstić information content (AvgIpc) is 2.59. The molecule has 1 unspecified atom stereocenters. The van der Waals surface area contributed by atoms with E-state index in [1.807, 2.05) is 0 Å². The standard InChI is InChI=1S/C17H16BrFN2O4/c1-20-14-7-2-10(8-13(14)19)16(22)21-9-15(17(23)24)25-12-5-3-11(18)4-6-12/h2-8,15,20H,9H2,1H3,(H,21,22)(H,23,24). The molecule has 0 heterocycles. The molecule has 0 aliphatic heterocycles. The average molecular weight is 411 g/mol. The number of benzene rings is 2. The molecule has 8 heteroatoms. The molecule has 3 N–H and O–H groups in total. The van der Waals surface area contributed by atoms with E-state index in [4.69, 9.17) is 4.74 Å². The van der Waals surface area contributed by atoms with E-state index in [0.717, 1.165) is 10.5 Å². The number of nitrogens with one attached hydrogen (secondary N) is 2. The minimum Gasteiger partial charge on any atom is -0.478 e. The number of hydrogen-bond donors (Lipinski definition) is 3. The van der Waals surface area contributed by atoms with E-state index in [1.165, 1.54) is 12.1 Å². The van der Waals surface area contributed by atoms with E-state index < -0.39 is 23.8 Å². The molecular formula is C17H16BrFN2O4. The lowest BCUT2D eigenvalue weighted by molar-refractivity contribution is -0.144. The SMILES string of the molecule is CNc1ccc(C(=O)NCC(Oc2ccc(Br)cc2)C(=O)O)cc1F. The number of carbonyl (C=O) groups excluding carboxylic acids is 1. The first-order valence-corrected chi connectivity index (χ1v) is 8.10. The van der Waals surface area contributed by atoms with Gasteiger partial charge in [0.05, 0.1) is 12.2 Å². The van der Waals surface area contributed by atoms with Crippen LogP contribution in [0.5, 0.6) is 5.75 Å². The Hall–Kier alpha value is -2.61. The predicted molar refractivity (Wildman–Crippen MR) is 94.5 cm³/mol. The third-order valence-corrected chi connectivity index (χ3v) is 3.84. The van der Waals surface area contributed by atoms with Crippen molar-refractivity contribution in [2.75, 3.05) is 18.9 Å². The van der Waals surface area contributed by atoms with Crippen LogP contribution in [-0.2, 0) is 4.79 Å². The number of ether oxygens (including phenoxy) is 1. The quantitative estimate of drug-likeness (QED) is 0.652. The third-order valence-electron chi connectivity index (χ3n) is 3.32. The lowest BCUT2D eigenvalue weighted by Crippen LogP contribution is -2.40. The van der Waals surface area contributed by atoms with Crippen LogP contribution >= 0.6 is 15.9 Å². The van der Waals surface area contributed by atoms with Crippen LogP contribution in [0.4, 0.5) is 10.1 Å². The van der Waals surface area contributed by atoms with Gasteiger partial charge in [0, 0.05) is 17.1 Å². The van der Waals surface area contributed by atoms with Crippen molar-refractivity contribution in [2.45, 2.75) is 6.10 Å². The maximum atomic E-state index is 13.7. The monoisotopic (exact) mass is 410 g/mol. The van der Waals surface area contributed by atoms with Crippen LogP contribution in [0.3, 0.4) is 0 Å². The molecular weight excluding hydrogens is 395 g/mol. The molecule has 1 amide bonds. The predicted octanol–water partition coefficient (Wildman–Crippen LogP) is 2.89. The number of anilines is 1. The number of halogens is 2. The first-order chi connectivity index (χ1) is 11.9. The first kappa shape index (κ1) is 18.7. The number of carboxylic acids is 1. The van der Waals surface area contributed by atoms with Crippen molar-refractivity contribution in [3.63, 3.8) is 0 Å². The van der Waals surface area contributed by atoms with Crippen molar-refractivity contribution in [1.29, 1.82) is 0 Å². The van der Waals surface area contributed by atoms with Crippen LogP contribution in [0.1, 0.15) is 10.4 Å². The molecule has 2 rings (SSSR count). The normalized spacial score (nSPS) is 11.5. The number of aliphatic carboxylic acids is 1. The van der Waals surface area contributed by atoms with E-state index in [2.05, 4.69) is 26.6 Å². The molecule has 2 aromatic rings. The summed E-state index contributed by atoms with van der Waals surface area (Å²) in [5.74, 6) is -2.03. The molecule has 2 aromatic carbocycles. The van der Waals surface area contributed by atoms with Crippen molar-refractivity contribution in [3.05, 3.63) is 58.3 Å². The van der Waals surface area contributed by atoms with Gasteiger partial charge >= 0.3 is 5.97 Å². The summed E-state index contributed by atoms with van der Waals surface area (Å²) < 4.78 is 19.9. The van der Waals surface area contributed by atoms with Crippen molar-refractivity contribution in [2.24, 2.45) is 0 Å². The van der Waals surface area contributed by atoms with E-state index in [9.17, 15) is 19.1 Å². The van der Waals surface area contributed by atoms with Gasteiger partial charge in [-0.25, -0.2) is 9.18 Å². The van der Waals surface area contributed by atoms with Crippen LogP contribution in [0, 0.1) is 5.82 Å². The minimum absolute atomic E-state index is 0.0873. The van der Waals surface area contributed by atoms with Gasteiger partial charge in [0.2, 0.25) is 6.10 Å². The van der Waals surface area contributed by atoms with Gasteiger partial charge in [-0.15, -0.1) is 0 Å². The zero-order valence-corrected chi connectivity index (χ0v) is 14.8. The van der Waals surface area contributed by atoms with Crippen molar-refractivity contribution in [3.8, 4) is 5.75 Å². The molecule has 0 radical (unpaired) electrons. The molecule has 1 atom stereocenters. The molecule has 132 valence electrons. The molecule has 25 heavy (non-hydrogen) atoms. The number of amides is 1. The number of carboxylic acid groups (broad SMARTS) is 1. The first-order valence-electron chi connectivity index (χ1n) is 7.31. The summed E-state index contributed by atoms with van der Waals surface area (Å²) in [6.45, 7) is -0.264. The second kappa shape index (κ2) is 8.48. The van der Waals surface area contributed by atoms with Gasteiger partial charge in [-0.05, 0) is 42.5 Å². The van der Waals surface area contributed by atoms with Gasteiger partial charge in [-0.3, -0.25) is 4.79 Å². The Morgan fingerprint density at radius 1 is 1.24 bits per heavy atom. The molecule has 0 spiro atoms. The number of rotatable bonds is 7. The molecule has 0 aromatic heterocycles. The minimum atomic E-state index is -1.27. The zero-order chi connectivity index (χ0) is 18.4. The fraction of sp³-hybridized carbons (Fsp3) is 0.176. The molecule has 0 aliphatic carbocycles. The van der Waals surface area contributed by atoms with Crippen molar-refractivity contribution in [1.82, 2.24) is 5.32 Å². The van der Waals surface area contributed by atoms with Gasteiger partial charge < -0.3 is 20.5 Å². The van der Waals surface area contributed by atoms with Gasteiger partial charge in [-0.2, -0.15) is 0 Å². The molecule has 6 nitrogen and oxygen atoms in total. The summed E-state index contributed by atoms with van der Waals surface area (Å²) in [6, 6.07) is 10.6. The van der Waals surface area contributed by atoms with Crippen LogP contribution < -0.4 is 15.4 Å². The zero-order valence-electron chi connectivity index (χ0n) is 13.3. The summed E-state index contributed by atoms with van der Waals surface area (Å²) in [6.07, 6.45) is -1.27. The highest BCUT2D eigenvalue weighted by Gasteiger charge is 2.21. The summed E-state index contributed by atoms with van der Waals surface area (Å²) in [5.41, 5.74) is 0.350. The van der Waals surface area contributed by atoms with Crippen molar-refractivity contribution >= 4 is 33.5 Å². The Bertz CT molecular complexity index is 768. The fourth-order valence-electron chi connectivity index (χ4n) is 2.00. The molecule has 0 bridgehead atoms. The Morgan fingerprint density at radius 3 is 2.48 bits per heavy atom. The molecule has 0 aliphatic rings. The summed E-state index contributed by atoms with van der Waals surface area (Å²) >= 11 is 3.27. The summed E-state index contributed by atoms with van der Waals surface area (Å²) in [4.78, 5) is 23.4. The molecule has 0 saturated carbocycles. The highest BCUT2D eigenvalue weighted by atomic mass is 79.9. The van der Waals surface area contributed by atoms with E-state index in [1.54, 1.807) is 31.3 Å². The topological polar surface area (TPSA) is 87.7 Å². The Kier molecular flexibility index (Phi) is 6.35. The van der Waals surface area contributed by atoms with Crippen LogP contribution in [0.15, 0.2) is 46.9 Å². The van der Waals surface area contributed by atoms with Crippen molar-refractivity contribution < 1.29 is 23.8 Å². The smallest absolute Gasteiger partial charge is 0.346 e. The van der Waals surface area contributed by atoms with E-state index >= 15 is 0 Å². The summed E-state index contributed by atoms with van der Waals surface area (Å²) in [7, 11) is 1.56. The summed E-state index contributed by atoms with van der Waals surface area (Å²) in [5, 5.41) is 14.3. The second-order valence-electron chi connectivity index (χ2n) is 5.05. The van der Waals surface area contributed by atoms with E-state index in [-0.39, 0.29) is 17.8 Å². The second-order valence-corrected chi connectivity index (χ2v) is 5.97. The Balaban J connectivity index is 2.00. The molecule has 0 saturated heterocycles. The Morgan fingerprint density at radius 2 is 1.92 bits per heavy atom. The fourth-order valence-corrected chi connectivity index (χ4v) is 2.27. The van der Waals surface area contributed by atoms with Crippen LogP contribution in [-0.4, -0.2) is 36.7 Å². The van der Waals surface area contributed by atoms with Crippen LogP contribution in [0.25, 0.3) is 0 Å². The third kappa shape index (κ3) is 5.18. The van der Waals surface area contributed by atoms with Gasteiger partial charge in [0.15, 0.2) is 0 Å². The lowest BCUT2D eigenvalue weighted by Gasteiger charge is -2.16. The largest absolute Gasteiger partial charge is 0.478 e. The van der Waals surface area contributed by atoms with Gasteiger partial charge in [0.1, 0.15) is 11.6 Å². The maximum absolute atomic E-state index is 13.7. The Labute approximate surface area is 152 Å². The lowest BCUT2D eigenvalue weighted by atomic mass is 10.2.